The molecule has 1 unspecified atom stereocenters. The molecule has 1 fully saturated rings. The molecule has 3 N–H and O–H groups in total. The summed E-state index contributed by atoms with van der Waals surface area (Å²) < 4.78 is 0. The molecule has 0 aliphatic carbocycles. The van der Waals surface area contributed by atoms with Gasteiger partial charge in [-0.1, -0.05) is 17.7 Å². The van der Waals surface area contributed by atoms with Gasteiger partial charge in [-0.2, -0.15) is 0 Å². The quantitative estimate of drug-likeness (QED) is 0.786. The maximum atomic E-state index is 12.4. The van der Waals surface area contributed by atoms with Crippen molar-refractivity contribution in [3.8, 4) is 0 Å². The molecule has 5 nitrogen and oxygen atoms in total. The lowest BCUT2D eigenvalue weighted by molar-refractivity contribution is -0.126. The Kier molecular flexibility index (Phi) is 5.77. The molecular formula is C18H27N3O2. The number of benzene rings is 1. The Hall–Kier alpha value is -1.88. The van der Waals surface area contributed by atoms with Crippen LogP contribution < -0.4 is 16.0 Å². The Bertz CT molecular complexity index is 575. The highest BCUT2D eigenvalue weighted by Crippen LogP contribution is 2.31. The summed E-state index contributed by atoms with van der Waals surface area (Å²) in [4.78, 5) is 26.4. The largest absolute Gasteiger partial charge is 0.356 e. The summed E-state index contributed by atoms with van der Waals surface area (Å²) in [5, 5.41) is 2.92. The van der Waals surface area contributed by atoms with Crippen molar-refractivity contribution in [3.63, 3.8) is 0 Å². The first-order valence-electron chi connectivity index (χ1n) is 8.30. The van der Waals surface area contributed by atoms with Gasteiger partial charge < -0.3 is 16.0 Å². The molecule has 1 aromatic rings. The van der Waals surface area contributed by atoms with Crippen molar-refractivity contribution in [2.24, 2.45) is 11.7 Å². The summed E-state index contributed by atoms with van der Waals surface area (Å²) in [5.74, 6) is -0.261. The predicted molar refractivity (Wildman–Crippen MR) is 92.4 cm³/mol. The van der Waals surface area contributed by atoms with E-state index in [-0.39, 0.29) is 24.2 Å². The van der Waals surface area contributed by atoms with Crippen molar-refractivity contribution in [1.29, 1.82) is 0 Å². The van der Waals surface area contributed by atoms with E-state index >= 15 is 0 Å². The van der Waals surface area contributed by atoms with Gasteiger partial charge in [0.1, 0.15) is 0 Å². The van der Waals surface area contributed by atoms with Crippen LogP contribution in [0.3, 0.4) is 0 Å². The van der Waals surface area contributed by atoms with Crippen molar-refractivity contribution in [1.82, 2.24) is 5.32 Å². The van der Waals surface area contributed by atoms with Crippen molar-refractivity contribution in [3.05, 3.63) is 28.8 Å². The second-order valence-electron chi connectivity index (χ2n) is 6.44. The topological polar surface area (TPSA) is 75.4 Å². The van der Waals surface area contributed by atoms with Crippen molar-refractivity contribution in [2.45, 2.75) is 40.0 Å². The molecule has 1 heterocycles. The van der Waals surface area contributed by atoms with Crippen LogP contribution in [0.4, 0.5) is 5.69 Å². The van der Waals surface area contributed by atoms with E-state index in [1.807, 2.05) is 20.8 Å². The van der Waals surface area contributed by atoms with Gasteiger partial charge in [0.05, 0.1) is 5.92 Å². The Labute approximate surface area is 138 Å². The van der Waals surface area contributed by atoms with Gasteiger partial charge in [-0.25, -0.2) is 0 Å². The Morgan fingerprint density at radius 2 is 1.91 bits per heavy atom. The molecule has 2 amide bonds. The first-order valence-corrected chi connectivity index (χ1v) is 8.30. The molecule has 1 saturated heterocycles. The number of nitrogens with one attached hydrogen (secondary N) is 1. The molecule has 23 heavy (non-hydrogen) atoms. The molecule has 0 bridgehead atoms. The highest BCUT2D eigenvalue weighted by molar-refractivity contribution is 6.01. The predicted octanol–water partition coefficient (Wildman–Crippen LogP) is 1.82. The summed E-state index contributed by atoms with van der Waals surface area (Å²) in [6, 6.07) is 4.16. The zero-order valence-corrected chi connectivity index (χ0v) is 14.3. The fraction of sp³-hybridized carbons (Fsp3) is 0.556. The number of aryl methyl sites for hydroxylation is 3. The van der Waals surface area contributed by atoms with Gasteiger partial charge in [-0.15, -0.1) is 0 Å². The number of carbonyl (C=O) groups is 2. The van der Waals surface area contributed by atoms with Crippen LogP contribution in [0.2, 0.25) is 0 Å². The van der Waals surface area contributed by atoms with E-state index < -0.39 is 0 Å². The van der Waals surface area contributed by atoms with Gasteiger partial charge in [0, 0.05) is 25.2 Å². The summed E-state index contributed by atoms with van der Waals surface area (Å²) >= 11 is 0. The summed E-state index contributed by atoms with van der Waals surface area (Å²) in [5.41, 5.74) is 9.75. The minimum atomic E-state index is -0.263. The van der Waals surface area contributed by atoms with E-state index in [0.717, 1.165) is 29.7 Å². The second kappa shape index (κ2) is 7.59. The van der Waals surface area contributed by atoms with E-state index in [4.69, 9.17) is 5.73 Å². The van der Waals surface area contributed by atoms with Crippen LogP contribution in [-0.2, 0) is 9.59 Å². The van der Waals surface area contributed by atoms with Gasteiger partial charge in [0.2, 0.25) is 11.8 Å². The molecule has 126 valence electrons. The Morgan fingerprint density at radius 1 is 1.26 bits per heavy atom. The first kappa shape index (κ1) is 17.5. The number of rotatable bonds is 6. The third kappa shape index (κ3) is 4.10. The fourth-order valence-electron chi connectivity index (χ4n) is 3.32. The van der Waals surface area contributed by atoms with Crippen LogP contribution in [-0.4, -0.2) is 31.4 Å². The smallest absolute Gasteiger partial charge is 0.227 e. The van der Waals surface area contributed by atoms with Crippen LogP contribution in [0.15, 0.2) is 12.1 Å². The molecular weight excluding hydrogens is 290 g/mol. The van der Waals surface area contributed by atoms with E-state index in [9.17, 15) is 9.59 Å². The molecule has 5 heteroatoms. The molecule has 1 aliphatic heterocycles. The Balaban J connectivity index is 2.04. The molecule has 1 aromatic carbocycles. The zero-order chi connectivity index (χ0) is 17.0. The van der Waals surface area contributed by atoms with Gasteiger partial charge in [-0.3, -0.25) is 9.59 Å². The molecule has 0 radical (unpaired) electrons. The summed E-state index contributed by atoms with van der Waals surface area (Å²) in [7, 11) is 0. The lowest BCUT2D eigenvalue weighted by atomic mass is 10.0. The average molecular weight is 317 g/mol. The Morgan fingerprint density at radius 3 is 2.52 bits per heavy atom. The minimum Gasteiger partial charge on any atom is -0.356 e. The molecule has 0 saturated carbocycles. The van der Waals surface area contributed by atoms with Crippen LogP contribution >= 0.6 is 0 Å². The highest BCUT2D eigenvalue weighted by atomic mass is 16.2. The van der Waals surface area contributed by atoms with Gasteiger partial charge in [-0.05, 0) is 51.3 Å². The lowest BCUT2D eigenvalue weighted by Crippen LogP contribution is -2.34. The lowest BCUT2D eigenvalue weighted by Gasteiger charge is -2.22. The minimum absolute atomic E-state index is 0.0275. The van der Waals surface area contributed by atoms with Gasteiger partial charge in [0.15, 0.2) is 0 Å². The maximum absolute atomic E-state index is 12.4. The molecule has 2 rings (SSSR count). The van der Waals surface area contributed by atoms with Crippen LogP contribution in [0.1, 0.15) is 36.0 Å². The molecule has 0 aromatic heterocycles. The number of amides is 2. The van der Waals surface area contributed by atoms with E-state index in [0.29, 0.717) is 19.6 Å². The van der Waals surface area contributed by atoms with E-state index in [1.54, 1.807) is 4.90 Å². The number of anilines is 1. The number of hydrogen-bond acceptors (Lipinski definition) is 3. The summed E-state index contributed by atoms with van der Waals surface area (Å²) in [6.45, 7) is 7.81. The second-order valence-corrected chi connectivity index (χ2v) is 6.44. The van der Waals surface area contributed by atoms with E-state index in [2.05, 4.69) is 17.4 Å². The number of hydrogen-bond donors (Lipinski definition) is 2. The van der Waals surface area contributed by atoms with Crippen molar-refractivity contribution < 1.29 is 9.59 Å². The normalized spacial score (nSPS) is 17.7. The molecule has 0 spiro atoms. The number of nitrogens with zero attached hydrogens (tertiary/aromatic N) is 1. The fourth-order valence-corrected chi connectivity index (χ4v) is 3.32. The standard InChI is InChI=1S/C18H27N3O2/c1-12-8-13(2)17(14(3)9-12)21-11-15(10-16(21)22)18(23)20-7-5-4-6-19/h8-9,15H,4-7,10-11,19H2,1-3H3,(H,20,23). The molecule has 1 aliphatic rings. The molecule has 1 atom stereocenters. The highest BCUT2D eigenvalue weighted by Gasteiger charge is 2.36. The third-order valence-corrected chi connectivity index (χ3v) is 4.33. The van der Waals surface area contributed by atoms with Crippen LogP contribution in [0.5, 0.6) is 0 Å². The SMILES string of the molecule is Cc1cc(C)c(N2CC(C(=O)NCCCCN)CC2=O)c(C)c1. The maximum Gasteiger partial charge on any atom is 0.227 e. The third-order valence-electron chi connectivity index (χ3n) is 4.33. The van der Waals surface area contributed by atoms with E-state index in [1.165, 1.54) is 5.56 Å². The number of nitrogens with two attached hydrogens (primary N) is 1. The first-order chi connectivity index (χ1) is 10.9. The van der Waals surface area contributed by atoms with Gasteiger partial charge in [0.25, 0.3) is 0 Å². The monoisotopic (exact) mass is 317 g/mol. The summed E-state index contributed by atoms with van der Waals surface area (Å²) in [6.07, 6.45) is 2.07. The van der Waals surface area contributed by atoms with Crippen LogP contribution in [0, 0.1) is 26.7 Å². The van der Waals surface area contributed by atoms with Crippen LogP contribution in [0.25, 0.3) is 0 Å². The zero-order valence-electron chi connectivity index (χ0n) is 14.3. The van der Waals surface area contributed by atoms with Crippen molar-refractivity contribution >= 4 is 17.5 Å². The average Bonchev–Trinajstić information content (AvgIpc) is 2.84. The number of unbranched alkanes of at least 4 members (excludes halogenated alkanes) is 1. The number of carbonyl (C=O) groups excluding carboxylic acids is 2. The van der Waals surface area contributed by atoms with Crippen molar-refractivity contribution in [2.75, 3.05) is 24.5 Å². The van der Waals surface area contributed by atoms with Gasteiger partial charge >= 0.3 is 0 Å².